The molecule has 8 heteroatoms. The van der Waals surface area contributed by atoms with Crippen molar-refractivity contribution in [1.82, 2.24) is 19.9 Å². The summed E-state index contributed by atoms with van der Waals surface area (Å²) in [6.07, 6.45) is 1.30. The Bertz CT molecular complexity index is 1020. The molecule has 0 aliphatic carbocycles. The number of halogens is 1. The molecule has 0 atom stereocenters. The van der Waals surface area contributed by atoms with Crippen molar-refractivity contribution in [3.8, 4) is 16.9 Å². The number of benzene rings is 1. The highest BCUT2D eigenvalue weighted by Crippen LogP contribution is 2.33. The maximum Gasteiger partial charge on any atom is 0.281 e. The molecule has 1 amide bonds. The van der Waals surface area contributed by atoms with Crippen molar-refractivity contribution < 1.29 is 9.53 Å². The van der Waals surface area contributed by atoms with Gasteiger partial charge in [-0.3, -0.25) is 9.59 Å². The molecule has 128 valence electrons. The molecular weight excluding hydrogens is 344 g/mol. The van der Waals surface area contributed by atoms with Gasteiger partial charge in [0.05, 0.1) is 23.8 Å². The second kappa shape index (κ2) is 6.90. The third kappa shape index (κ3) is 3.06. The number of ether oxygens (including phenoxy) is 1. The molecule has 25 heavy (non-hydrogen) atoms. The number of fused-ring (bicyclic) bond motifs is 1. The van der Waals surface area contributed by atoms with Crippen molar-refractivity contribution in [2.75, 3.05) is 13.7 Å². The molecule has 7 nitrogen and oxygen atoms in total. The summed E-state index contributed by atoms with van der Waals surface area (Å²) in [6, 6.07) is 8.29. The van der Waals surface area contributed by atoms with Crippen LogP contribution in [0.1, 0.15) is 17.3 Å². The second-order valence-electron chi connectivity index (χ2n) is 5.16. The van der Waals surface area contributed by atoms with Gasteiger partial charge in [-0.05, 0) is 25.1 Å². The number of methoxy groups -OCH3 is 1. The topological polar surface area (TPSA) is 85.6 Å². The molecule has 0 saturated carbocycles. The van der Waals surface area contributed by atoms with Gasteiger partial charge in [0.15, 0.2) is 0 Å². The van der Waals surface area contributed by atoms with Crippen LogP contribution in [-0.2, 0) is 0 Å². The molecule has 0 unspecified atom stereocenters. The van der Waals surface area contributed by atoms with Crippen LogP contribution in [0.25, 0.3) is 16.6 Å². The summed E-state index contributed by atoms with van der Waals surface area (Å²) < 4.78 is 6.86. The fourth-order valence-corrected chi connectivity index (χ4v) is 2.77. The molecule has 3 rings (SSSR count). The third-order valence-corrected chi connectivity index (χ3v) is 3.86. The summed E-state index contributed by atoms with van der Waals surface area (Å²) in [4.78, 5) is 28.6. The minimum Gasteiger partial charge on any atom is -0.495 e. The van der Waals surface area contributed by atoms with Gasteiger partial charge in [0.1, 0.15) is 17.2 Å². The molecule has 2 heterocycles. The van der Waals surface area contributed by atoms with Crippen LogP contribution in [0.5, 0.6) is 5.75 Å². The van der Waals surface area contributed by atoms with E-state index >= 15 is 0 Å². The summed E-state index contributed by atoms with van der Waals surface area (Å²) in [7, 11) is 1.45. The lowest BCUT2D eigenvalue weighted by molar-refractivity contribution is 0.0953. The van der Waals surface area contributed by atoms with E-state index in [4.69, 9.17) is 16.3 Å². The van der Waals surface area contributed by atoms with Gasteiger partial charge in [-0.2, -0.15) is 10.1 Å². The molecule has 0 aliphatic rings. The summed E-state index contributed by atoms with van der Waals surface area (Å²) in [6.45, 7) is 2.30. The Hall–Kier alpha value is -2.93. The van der Waals surface area contributed by atoms with Crippen molar-refractivity contribution in [2.24, 2.45) is 0 Å². The zero-order chi connectivity index (χ0) is 18.0. The Morgan fingerprint density at radius 3 is 2.84 bits per heavy atom. The van der Waals surface area contributed by atoms with Crippen molar-refractivity contribution in [3.63, 3.8) is 0 Å². The smallest absolute Gasteiger partial charge is 0.281 e. The number of nitrogens with one attached hydrogen (secondary N) is 1. The summed E-state index contributed by atoms with van der Waals surface area (Å²) in [5.74, 6) is 0.0195. The number of para-hydroxylation sites is 1. The molecule has 0 spiro atoms. The number of carbonyl (C=O) groups excluding carboxylic acids is 1. The monoisotopic (exact) mass is 358 g/mol. The SMILES string of the molecule is CCNC(=O)c1cccc(-c2c(=O)ncn3nc(Cl)ccc23)c1OC. The van der Waals surface area contributed by atoms with Crippen LogP contribution in [0.4, 0.5) is 0 Å². The standard InChI is InChI=1S/C17H15ClN4O3/c1-3-19-16(23)11-6-4-5-10(15(11)25-2)14-12-7-8-13(18)21-22(12)9-20-17(14)24/h4-9H,3H2,1-2H3,(H,19,23). The van der Waals surface area contributed by atoms with E-state index in [1.165, 1.54) is 18.0 Å². The summed E-state index contributed by atoms with van der Waals surface area (Å²) in [5, 5.41) is 7.10. The van der Waals surface area contributed by atoms with Gasteiger partial charge < -0.3 is 10.1 Å². The molecule has 1 N–H and O–H groups in total. The first-order valence-electron chi connectivity index (χ1n) is 7.56. The second-order valence-corrected chi connectivity index (χ2v) is 5.54. The normalized spacial score (nSPS) is 10.7. The molecule has 0 fully saturated rings. The quantitative estimate of drug-likeness (QED) is 0.772. The van der Waals surface area contributed by atoms with Crippen LogP contribution in [0.3, 0.4) is 0 Å². The zero-order valence-corrected chi connectivity index (χ0v) is 14.4. The highest BCUT2D eigenvalue weighted by Gasteiger charge is 2.20. The van der Waals surface area contributed by atoms with E-state index in [9.17, 15) is 9.59 Å². The van der Waals surface area contributed by atoms with E-state index in [2.05, 4.69) is 15.4 Å². The first-order chi connectivity index (χ1) is 12.1. The number of aromatic nitrogens is 3. The van der Waals surface area contributed by atoms with E-state index in [0.29, 0.717) is 28.9 Å². The fraction of sp³-hybridized carbons (Fsp3) is 0.176. The lowest BCUT2D eigenvalue weighted by Gasteiger charge is -2.14. The minimum absolute atomic E-state index is 0.270. The van der Waals surface area contributed by atoms with Crippen molar-refractivity contribution in [1.29, 1.82) is 0 Å². The number of amides is 1. The Morgan fingerprint density at radius 2 is 2.12 bits per heavy atom. The van der Waals surface area contributed by atoms with Crippen molar-refractivity contribution in [3.05, 3.63) is 57.7 Å². The molecule has 1 aromatic carbocycles. The van der Waals surface area contributed by atoms with E-state index in [1.807, 2.05) is 6.92 Å². The summed E-state index contributed by atoms with van der Waals surface area (Å²) in [5.41, 5.74) is 1.15. The van der Waals surface area contributed by atoms with Gasteiger partial charge in [-0.15, -0.1) is 0 Å². The van der Waals surface area contributed by atoms with E-state index in [1.54, 1.807) is 30.3 Å². The largest absolute Gasteiger partial charge is 0.495 e. The number of hydrogen-bond donors (Lipinski definition) is 1. The number of nitrogens with zero attached hydrogens (tertiary/aromatic N) is 3. The lowest BCUT2D eigenvalue weighted by Crippen LogP contribution is -2.23. The van der Waals surface area contributed by atoms with Crippen LogP contribution < -0.4 is 15.6 Å². The maximum atomic E-state index is 12.5. The van der Waals surface area contributed by atoms with Crippen LogP contribution >= 0.6 is 11.6 Å². The molecule has 3 aromatic rings. The van der Waals surface area contributed by atoms with Gasteiger partial charge in [0.2, 0.25) is 0 Å². The van der Waals surface area contributed by atoms with Crippen LogP contribution in [0.2, 0.25) is 5.15 Å². The van der Waals surface area contributed by atoms with Crippen molar-refractivity contribution >= 4 is 23.0 Å². The zero-order valence-electron chi connectivity index (χ0n) is 13.6. The average molecular weight is 359 g/mol. The Morgan fingerprint density at radius 1 is 1.32 bits per heavy atom. The molecule has 0 radical (unpaired) electrons. The number of rotatable bonds is 4. The molecule has 0 bridgehead atoms. The lowest BCUT2D eigenvalue weighted by atomic mass is 10.0. The van der Waals surface area contributed by atoms with Gasteiger partial charge in [-0.1, -0.05) is 23.7 Å². The maximum absolute atomic E-state index is 12.5. The average Bonchev–Trinajstić information content (AvgIpc) is 2.61. The van der Waals surface area contributed by atoms with Gasteiger partial charge in [-0.25, -0.2) is 4.52 Å². The number of carbonyl (C=O) groups is 1. The highest BCUT2D eigenvalue weighted by atomic mass is 35.5. The predicted molar refractivity (Wildman–Crippen MR) is 94.3 cm³/mol. The van der Waals surface area contributed by atoms with Crippen LogP contribution in [0.15, 0.2) is 41.5 Å². The first kappa shape index (κ1) is 16.9. The van der Waals surface area contributed by atoms with Gasteiger partial charge in [0, 0.05) is 12.1 Å². The molecule has 2 aromatic heterocycles. The Labute approximate surface area is 148 Å². The highest BCUT2D eigenvalue weighted by molar-refractivity contribution is 6.29. The van der Waals surface area contributed by atoms with E-state index in [0.717, 1.165) is 0 Å². The molecule has 0 aliphatic heterocycles. The van der Waals surface area contributed by atoms with Gasteiger partial charge in [0.25, 0.3) is 11.5 Å². The summed E-state index contributed by atoms with van der Waals surface area (Å²) >= 11 is 5.90. The Kier molecular flexibility index (Phi) is 4.67. The van der Waals surface area contributed by atoms with Gasteiger partial charge >= 0.3 is 0 Å². The van der Waals surface area contributed by atoms with Crippen molar-refractivity contribution in [2.45, 2.75) is 6.92 Å². The predicted octanol–water partition coefficient (Wildman–Crippen LogP) is 2.17. The number of hydrogen-bond acceptors (Lipinski definition) is 5. The van der Waals surface area contributed by atoms with Crippen LogP contribution in [-0.4, -0.2) is 34.2 Å². The van der Waals surface area contributed by atoms with E-state index < -0.39 is 5.56 Å². The Balaban J connectivity index is 2.32. The first-order valence-corrected chi connectivity index (χ1v) is 7.94. The van der Waals surface area contributed by atoms with E-state index in [-0.39, 0.29) is 16.6 Å². The third-order valence-electron chi connectivity index (χ3n) is 3.65. The fourth-order valence-electron chi connectivity index (χ4n) is 2.62. The molecular formula is C17H15ClN4O3. The minimum atomic E-state index is -0.449. The molecule has 0 saturated heterocycles. The van der Waals surface area contributed by atoms with Crippen LogP contribution in [0, 0.1) is 0 Å².